The van der Waals surface area contributed by atoms with Gasteiger partial charge in [-0.2, -0.15) is 0 Å². The van der Waals surface area contributed by atoms with Gasteiger partial charge >= 0.3 is 6.03 Å². The molecule has 3 amide bonds. The molecule has 7 heteroatoms. The number of hydrogen-bond acceptors (Lipinski definition) is 4. The zero-order valence-corrected chi connectivity index (χ0v) is 10.0. The summed E-state index contributed by atoms with van der Waals surface area (Å²) >= 11 is 0. The molecule has 1 rings (SSSR count). The first-order chi connectivity index (χ1) is 7.90. The second-order valence-electron chi connectivity index (χ2n) is 3.42. The van der Waals surface area contributed by atoms with Crippen molar-refractivity contribution in [3.63, 3.8) is 0 Å². The Labute approximate surface area is 101 Å². The van der Waals surface area contributed by atoms with E-state index in [1.165, 1.54) is 0 Å². The van der Waals surface area contributed by atoms with Gasteiger partial charge in [0.2, 0.25) is 5.91 Å². The molecular formula is C10H13N3O3S. The maximum absolute atomic E-state index is 11.8. The number of nitrogens with one attached hydrogen (secondary N) is 1. The van der Waals surface area contributed by atoms with E-state index in [1.54, 1.807) is 25.1 Å². The number of nitrogen functional groups attached to an aromatic ring is 1. The second-order valence-corrected chi connectivity index (χ2v) is 4.87. The number of anilines is 1. The summed E-state index contributed by atoms with van der Waals surface area (Å²) in [5.74, 6) is -0.989. The van der Waals surface area contributed by atoms with Crippen LogP contribution in [0.1, 0.15) is 5.56 Å². The standard InChI is InChI=1S/C10H13N3O3S/c1-6-4-7(2-3-8(6)11)17(16)5-9(14)13-10(12)15/h2-4H,5,11H2,1H3,(H3,12,13,14,15). The van der Waals surface area contributed by atoms with E-state index < -0.39 is 22.7 Å². The van der Waals surface area contributed by atoms with Gasteiger partial charge in [-0.05, 0) is 30.7 Å². The first-order valence-corrected chi connectivity index (χ1v) is 6.06. The van der Waals surface area contributed by atoms with Crippen LogP contribution in [0, 0.1) is 6.92 Å². The number of carbonyl (C=O) groups is 2. The number of nitrogens with two attached hydrogens (primary N) is 2. The number of urea groups is 1. The van der Waals surface area contributed by atoms with Crippen LogP contribution >= 0.6 is 0 Å². The lowest BCUT2D eigenvalue weighted by Crippen LogP contribution is -2.37. The molecule has 0 aliphatic heterocycles. The molecule has 0 saturated carbocycles. The van der Waals surface area contributed by atoms with Gasteiger partial charge < -0.3 is 11.5 Å². The Balaban J connectivity index is 2.73. The van der Waals surface area contributed by atoms with Crippen LogP contribution in [0.5, 0.6) is 0 Å². The predicted octanol–water partition coefficient (Wildman–Crippen LogP) is -0.120. The molecule has 1 unspecified atom stereocenters. The van der Waals surface area contributed by atoms with Crippen molar-refractivity contribution in [3.8, 4) is 0 Å². The highest BCUT2D eigenvalue weighted by molar-refractivity contribution is 7.85. The molecule has 0 spiro atoms. The SMILES string of the molecule is Cc1cc(S(=O)CC(=O)NC(N)=O)ccc1N. The summed E-state index contributed by atoms with van der Waals surface area (Å²) in [5, 5.41) is 1.85. The minimum atomic E-state index is -1.52. The lowest BCUT2D eigenvalue weighted by Gasteiger charge is -2.05. The third-order valence-corrected chi connectivity index (χ3v) is 3.33. The molecule has 0 aromatic heterocycles. The average Bonchev–Trinajstić information content (AvgIpc) is 2.20. The van der Waals surface area contributed by atoms with Crippen molar-refractivity contribution in [1.82, 2.24) is 5.32 Å². The van der Waals surface area contributed by atoms with E-state index in [9.17, 15) is 13.8 Å². The fourth-order valence-corrected chi connectivity index (χ4v) is 2.17. The first-order valence-electron chi connectivity index (χ1n) is 4.74. The Bertz CT molecular complexity index is 488. The van der Waals surface area contributed by atoms with E-state index in [0.717, 1.165) is 5.56 Å². The molecule has 1 aromatic rings. The highest BCUT2D eigenvalue weighted by Gasteiger charge is 2.12. The molecule has 5 N–H and O–H groups in total. The smallest absolute Gasteiger partial charge is 0.318 e. The van der Waals surface area contributed by atoms with Crippen molar-refractivity contribution in [1.29, 1.82) is 0 Å². The molecule has 0 radical (unpaired) electrons. The second kappa shape index (κ2) is 5.44. The van der Waals surface area contributed by atoms with E-state index in [4.69, 9.17) is 11.5 Å². The molecule has 0 aliphatic carbocycles. The van der Waals surface area contributed by atoms with Gasteiger partial charge in [0.15, 0.2) is 0 Å². The molecule has 1 aromatic carbocycles. The number of benzene rings is 1. The third kappa shape index (κ3) is 3.87. The largest absolute Gasteiger partial charge is 0.399 e. The number of hydrogen-bond donors (Lipinski definition) is 3. The lowest BCUT2D eigenvalue weighted by molar-refractivity contribution is -0.117. The van der Waals surface area contributed by atoms with Crippen LogP contribution < -0.4 is 16.8 Å². The summed E-state index contributed by atoms with van der Waals surface area (Å²) in [6.45, 7) is 1.78. The number of primary amides is 1. The fraction of sp³-hybridized carbons (Fsp3) is 0.200. The Morgan fingerprint density at radius 1 is 1.41 bits per heavy atom. The summed E-state index contributed by atoms with van der Waals surface area (Å²) in [5.41, 5.74) is 11.8. The molecule has 92 valence electrons. The Kier molecular flexibility index (Phi) is 4.22. The highest BCUT2D eigenvalue weighted by atomic mass is 32.2. The lowest BCUT2D eigenvalue weighted by atomic mass is 10.2. The number of imide groups is 1. The van der Waals surface area contributed by atoms with Crippen LogP contribution in [-0.4, -0.2) is 21.9 Å². The summed E-state index contributed by atoms with van der Waals surface area (Å²) in [4.78, 5) is 22.0. The van der Waals surface area contributed by atoms with Gasteiger partial charge in [0.1, 0.15) is 5.75 Å². The summed E-state index contributed by atoms with van der Waals surface area (Å²) < 4.78 is 11.8. The van der Waals surface area contributed by atoms with Gasteiger partial charge in [0.25, 0.3) is 0 Å². The van der Waals surface area contributed by atoms with Crippen LogP contribution in [0.2, 0.25) is 0 Å². The van der Waals surface area contributed by atoms with E-state index >= 15 is 0 Å². The Morgan fingerprint density at radius 3 is 2.59 bits per heavy atom. The van der Waals surface area contributed by atoms with Gasteiger partial charge in [-0.3, -0.25) is 14.3 Å². The van der Waals surface area contributed by atoms with E-state index in [0.29, 0.717) is 10.6 Å². The van der Waals surface area contributed by atoms with Crippen LogP contribution in [-0.2, 0) is 15.6 Å². The predicted molar refractivity (Wildman–Crippen MR) is 64.6 cm³/mol. The maximum Gasteiger partial charge on any atom is 0.318 e. The number of carbonyl (C=O) groups excluding carboxylic acids is 2. The molecular weight excluding hydrogens is 242 g/mol. The van der Waals surface area contributed by atoms with Crippen molar-refractivity contribution >= 4 is 28.4 Å². The summed E-state index contributed by atoms with van der Waals surface area (Å²) in [6.07, 6.45) is 0. The van der Waals surface area contributed by atoms with Crippen LogP contribution in [0.4, 0.5) is 10.5 Å². The topological polar surface area (TPSA) is 115 Å². The molecule has 0 heterocycles. The molecule has 6 nitrogen and oxygen atoms in total. The third-order valence-electron chi connectivity index (χ3n) is 2.03. The molecule has 0 fully saturated rings. The highest BCUT2D eigenvalue weighted by Crippen LogP contribution is 2.15. The zero-order chi connectivity index (χ0) is 13.0. The normalized spacial score (nSPS) is 11.8. The Hall–Kier alpha value is -1.89. The zero-order valence-electron chi connectivity index (χ0n) is 9.23. The molecule has 0 aliphatic rings. The van der Waals surface area contributed by atoms with Gasteiger partial charge in [0, 0.05) is 10.6 Å². The summed E-state index contributed by atoms with van der Waals surface area (Å²) in [7, 11) is -1.52. The fourth-order valence-electron chi connectivity index (χ4n) is 1.17. The Morgan fingerprint density at radius 2 is 2.06 bits per heavy atom. The van der Waals surface area contributed by atoms with Gasteiger partial charge in [-0.25, -0.2) is 4.79 Å². The first kappa shape index (κ1) is 13.2. The van der Waals surface area contributed by atoms with Crippen LogP contribution in [0.15, 0.2) is 23.1 Å². The van der Waals surface area contributed by atoms with Crippen molar-refractivity contribution in [3.05, 3.63) is 23.8 Å². The average molecular weight is 255 g/mol. The molecule has 17 heavy (non-hydrogen) atoms. The van der Waals surface area contributed by atoms with Gasteiger partial charge in [-0.1, -0.05) is 0 Å². The molecule has 0 saturated heterocycles. The molecule has 1 atom stereocenters. The maximum atomic E-state index is 11.8. The molecule has 0 bridgehead atoms. The monoisotopic (exact) mass is 255 g/mol. The van der Waals surface area contributed by atoms with Crippen molar-refractivity contribution in [2.75, 3.05) is 11.5 Å². The van der Waals surface area contributed by atoms with E-state index in [2.05, 4.69) is 0 Å². The van der Waals surface area contributed by atoms with Crippen LogP contribution in [0.3, 0.4) is 0 Å². The van der Waals surface area contributed by atoms with E-state index in [-0.39, 0.29) is 5.75 Å². The summed E-state index contributed by atoms with van der Waals surface area (Å²) in [6, 6.07) is 3.88. The van der Waals surface area contributed by atoms with Gasteiger partial charge in [-0.15, -0.1) is 0 Å². The number of amides is 3. The quantitative estimate of drug-likeness (QED) is 0.653. The van der Waals surface area contributed by atoms with Gasteiger partial charge in [0.05, 0.1) is 10.8 Å². The number of rotatable bonds is 3. The minimum absolute atomic E-state index is 0.313. The van der Waals surface area contributed by atoms with Crippen LogP contribution in [0.25, 0.3) is 0 Å². The van der Waals surface area contributed by atoms with E-state index in [1.807, 2.05) is 5.32 Å². The van der Waals surface area contributed by atoms with Crippen molar-refractivity contribution in [2.45, 2.75) is 11.8 Å². The minimum Gasteiger partial charge on any atom is -0.399 e. The van der Waals surface area contributed by atoms with Crippen molar-refractivity contribution in [2.24, 2.45) is 5.73 Å². The van der Waals surface area contributed by atoms with Crippen molar-refractivity contribution < 1.29 is 13.8 Å². The number of aryl methyl sites for hydroxylation is 1.